The summed E-state index contributed by atoms with van der Waals surface area (Å²) in [4.78, 5) is 0. The Bertz CT molecular complexity index is 483. The van der Waals surface area contributed by atoms with E-state index in [4.69, 9.17) is 4.74 Å². The van der Waals surface area contributed by atoms with E-state index in [9.17, 15) is 0 Å². The third-order valence-electron chi connectivity index (χ3n) is 3.45. The molecule has 110 valence electrons. The van der Waals surface area contributed by atoms with E-state index in [0.29, 0.717) is 5.92 Å². The molecule has 1 atom stereocenters. The van der Waals surface area contributed by atoms with E-state index in [1.807, 2.05) is 6.92 Å². The largest absolute Gasteiger partial charge is 0.493 e. The Labute approximate surface area is 124 Å². The maximum atomic E-state index is 5.91. The van der Waals surface area contributed by atoms with Gasteiger partial charge in [0.1, 0.15) is 5.75 Å². The zero-order chi connectivity index (χ0) is 15.2. The van der Waals surface area contributed by atoms with Crippen LogP contribution in [0, 0.1) is 11.8 Å². The summed E-state index contributed by atoms with van der Waals surface area (Å²) in [7, 11) is 0. The van der Waals surface area contributed by atoms with Crippen molar-refractivity contribution < 1.29 is 4.74 Å². The van der Waals surface area contributed by atoms with Gasteiger partial charge in [0.15, 0.2) is 0 Å². The Morgan fingerprint density at radius 1 is 1.25 bits per heavy atom. The molecule has 0 radical (unpaired) electrons. The SMILES string of the molecule is CC#CCC(C)c1cc(C(C)(C)C)ccc1OCCC. The highest BCUT2D eigenvalue weighted by atomic mass is 16.5. The van der Waals surface area contributed by atoms with Crippen LogP contribution < -0.4 is 4.74 Å². The van der Waals surface area contributed by atoms with Crippen LogP contribution in [0.25, 0.3) is 0 Å². The second-order valence-electron chi connectivity index (χ2n) is 6.38. The molecule has 0 aliphatic carbocycles. The molecule has 0 aliphatic rings. The normalized spacial score (nSPS) is 12.5. The van der Waals surface area contributed by atoms with Crippen LogP contribution in [0.2, 0.25) is 0 Å². The van der Waals surface area contributed by atoms with Gasteiger partial charge >= 0.3 is 0 Å². The van der Waals surface area contributed by atoms with Crippen LogP contribution in [-0.2, 0) is 5.41 Å². The monoisotopic (exact) mass is 272 g/mol. The fraction of sp³-hybridized carbons (Fsp3) is 0.579. The Balaban J connectivity index is 3.13. The van der Waals surface area contributed by atoms with E-state index in [1.54, 1.807) is 0 Å². The van der Waals surface area contributed by atoms with Crippen molar-refractivity contribution in [2.45, 2.75) is 65.7 Å². The van der Waals surface area contributed by atoms with E-state index in [2.05, 4.69) is 64.7 Å². The third-order valence-corrected chi connectivity index (χ3v) is 3.45. The molecule has 0 aromatic heterocycles. The van der Waals surface area contributed by atoms with E-state index in [-0.39, 0.29) is 5.41 Å². The van der Waals surface area contributed by atoms with Crippen LogP contribution in [0.5, 0.6) is 5.75 Å². The first-order valence-corrected chi connectivity index (χ1v) is 7.57. The van der Waals surface area contributed by atoms with Gasteiger partial charge in [0.2, 0.25) is 0 Å². The molecule has 1 heteroatoms. The molecular formula is C19H28O. The smallest absolute Gasteiger partial charge is 0.122 e. The van der Waals surface area contributed by atoms with Crippen LogP contribution in [0.15, 0.2) is 18.2 Å². The zero-order valence-corrected chi connectivity index (χ0v) is 13.8. The van der Waals surface area contributed by atoms with Crippen molar-refractivity contribution in [1.82, 2.24) is 0 Å². The summed E-state index contributed by atoms with van der Waals surface area (Å²) in [6.07, 6.45) is 1.91. The quantitative estimate of drug-likeness (QED) is 0.662. The van der Waals surface area contributed by atoms with Crippen LogP contribution in [0.1, 0.15) is 71.4 Å². The molecule has 0 saturated carbocycles. The maximum Gasteiger partial charge on any atom is 0.122 e. The zero-order valence-electron chi connectivity index (χ0n) is 13.8. The minimum absolute atomic E-state index is 0.161. The number of ether oxygens (including phenoxy) is 1. The summed E-state index contributed by atoms with van der Waals surface area (Å²) >= 11 is 0. The van der Waals surface area contributed by atoms with Gasteiger partial charge in [-0.1, -0.05) is 46.8 Å². The van der Waals surface area contributed by atoms with Crippen molar-refractivity contribution in [3.63, 3.8) is 0 Å². The van der Waals surface area contributed by atoms with Gasteiger partial charge < -0.3 is 4.74 Å². The van der Waals surface area contributed by atoms with Gasteiger partial charge in [0.25, 0.3) is 0 Å². The van der Waals surface area contributed by atoms with Crippen LogP contribution >= 0.6 is 0 Å². The molecule has 1 aromatic rings. The lowest BCUT2D eigenvalue weighted by molar-refractivity contribution is 0.312. The maximum absolute atomic E-state index is 5.91. The first kappa shape index (κ1) is 16.6. The van der Waals surface area contributed by atoms with Crippen molar-refractivity contribution in [2.75, 3.05) is 6.61 Å². The summed E-state index contributed by atoms with van der Waals surface area (Å²) in [5, 5.41) is 0. The number of rotatable bonds is 5. The Morgan fingerprint density at radius 2 is 1.95 bits per heavy atom. The standard InChI is InChI=1S/C19H28O/c1-7-9-10-15(3)17-14-16(19(4,5)6)11-12-18(17)20-13-8-2/h11-12,14-15H,8,10,13H2,1-6H3. The highest BCUT2D eigenvalue weighted by molar-refractivity contribution is 5.42. The molecule has 0 saturated heterocycles. The number of hydrogen-bond acceptors (Lipinski definition) is 1. The number of hydrogen-bond donors (Lipinski definition) is 0. The van der Waals surface area contributed by atoms with Crippen molar-refractivity contribution in [3.8, 4) is 17.6 Å². The lowest BCUT2D eigenvalue weighted by Gasteiger charge is -2.23. The van der Waals surface area contributed by atoms with Crippen molar-refractivity contribution >= 4 is 0 Å². The fourth-order valence-corrected chi connectivity index (χ4v) is 2.11. The van der Waals surface area contributed by atoms with Crippen molar-refractivity contribution in [3.05, 3.63) is 29.3 Å². The highest BCUT2D eigenvalue weighted by Crippen LogP contribution is 2.33. The molecule has 0 N–H and O–H groups in total. The van der Waals surface area contributed by atoms with Crippen LogP contribution in [-0.4, -0.2) is 6.61 Å². The average molecular weight is 272 g/mol. The predicted molar refractivity (Wildman–Crippen MR) is 87.4 cm³/mol. The summed E-state index contributed by atoms with van der Waals surface area (Å²) in [6, 6.07) is 6.61. The van der Waals surface area contributed by atoms with Gasteiger partial charge in [0, 0.05) is 6.42 Å². The van der Waals surface area contributed by atoms with Crippen LogP contribution in [0.3, 0.4) is 0 Å². The fourth-order valence-electron chi connectivity index (χ4n) is 2.11. The molecule has 20 heavy (non-hydrogen) atoms. The van der Waals surface area contributed by atoms with Gasteiger partial charge in [-0.3, -0.25) is 0 Å². The minimum atomic E-state index is 0.161. The third kappa shape index (κ3) is 4.60. The molecule has 0 amide bonds. The summed E-state index contributed by atoms with van der Waals surface area (Å²) in [6.45, 7) is 13.8. The molecular weight excluding hydrogens is 244 g/mol. The molecule has 1 rings (SSSR count). The van der Waals surface area contributed by atoms with Gasteiger partial charge in [-0.15, -0.1) is 11.8 Å². The average Bonchev–Trinajstić information content (AvgIpc) is 2.41. The molecule has 1 unspecified atom stereocenters. The summed E-state index contributed by atoms with van der Waals surface area (Å²) in [5.74, 6) is 7.59. The topological polar surface area (TPSA) is 9.23 Å². The van der Waals surface area contributed by atoms with E-state index in [0.717, 1.165) is 25.2 Å². The van der Waals surface area contributed by atoms with Crippen LogP contribution in [0.4, 0.5) is 0 Å². The molecule has 0 aliphatic heterocycles. The Kier molecular flexibility index (Phi) is 6.14. The van der Waals surface area contributed by atoms with Crippen molar-refractivity contribution in [2.24, 2.45) is 0 Å². The first-order chi connectivity index (χ1) is 9.40. The second-order valence-corrected chi connectivity index (χ2v) is 6.38. The Hall–Kier alpha value is -1.42. The van der Waals surface area contributed by atoms with Gasteiger partial charge in [-0.05, 0) is 41.9 Å². The van der Waals surface area contributed by atoms with E-state index < -0.39 is 0 Å². The lowest BCUT2D eigenvalue weighted by Crippen LogP contribution is -2.12. The number of benzene rings is 1. The molecule has 0 bridgehead atoms. The van der Waals surface area contributed by atoms with Gasteiger partial charge in [-0.2, -0.15) is 0 Å². The summed E-state index contributed by atoms with van der Waals surface area (Å²) < 4.78 is 5.91. The molecule has 0 fully saturated rings. The summed E-state index contributed by atoms with van der Waals surface area (Å²) in [5.41, 5.74) is 2.80. The molecule has 0 heterocycles. The first-order valence-electron chi connectivity index (χ1n) is 7.57. The molecule has 1 nitrogen and oxygen atoms in total. The van der Waals surface area contributed by atoms with Crippen molar-refractivity contribution in [1.29, 1.82) is 0 Å². The predicted octanol–water partition coefficient (Wildman–Crippen LogP) is 5.29. The second kappa shape index (κ2) is 7.39. The molecule has 1 aromatic carbocycles. The van der Waals surface area contributed by atoms with E-state index >= 15 is 0 Å². The molecule has 0 spiro atoms. The van der Waals surface area contributed by atoms with Gasteiger partial charge in [-0.25, -0.2) is 0 Å². The highest BCUT2D eigenvalue weighted by Gasteiger charge is 2.18. The van der Waals surface area contributed by atoms with Gasteiger partial charge in [0.05, 0.1) is 6.61 Å². The Morgan fingerprint density at radius 3 is 2.50 bits per heavy atom. The minimum Gasteiger partial charge on any atom is -0.493 e. The lowest BCUT2D eigenvalue weighted by atomic mass is 9.84. The van der Waals surface area contributed by atoms with E-state index in [1.165, 1.54) is 11.1 Å².